The van der Waals surface area contributed by atoms with Crippen molar-refractivity contribution >= 4 is 39.9 Å². The predicted molar refractivity (Wildman–Crippen MR) is 130 cm³/mol. The van der Waals surface area contributed by atoms with Crippen LogP contribution in [-0.4, -0.2) is 35.5 Å². The molecule has 0 saturated heterocycles. The van der Waals surface area contributed by atoms with Crippen LogP contribution in [0.2, 0.25) is 5.02 Å². The molecule has 1 unspecified atom stereocenters. The molecule has 5 aromatic rings. The van der Waals surface area contributed by atoms with Crippen LogP contribution < -0.4 is 4.74 Å². The summed E-state index contributed by atoms with van der Waals surface area (Å²) in [6.45, 7) is 1.53. The number of thiophene rings is 1. The topological polar surface area (TPSA) is 102 Å². The number of benzene rings is 2. The Morgan fingerprint density at radius 1 is 1.23 bits per heavy atom. The molecule has 0 aliphatic rings. The van der Waals surface area contributed by atoms with E-state index >= 15 is 0 Å². The smallest absolute Gasteiger partial charge is 0.349 e. The van der Waals surface area contributed by atoms with Gasteiger partial charge in [0.2, 0.25) is 0 Å². The number of hydrogen-bond acceptors (Lipinski definition) is 6. The molecule has 3 aromatic heterocycles. The number of fused-ring (bicyclic) bond motifs is 1. The van der Waals surface area contributed by atoms with Gasteiger partial charge in [0.25, 0.3) is 0 Å². The van der Waals surface area contributed by atoms with Gasteiger partial charge in [0.05, 0.1) is 27.8 Å². The molecule has 0 fully saturated rings. The summed E-state index contributed by atoms with van der Waals surface area (Å²) in [7, 11) is 1.84. The lowest BCUT2D eigenvalue weighted by Gasteiger charge is -2.17. The van der Waals surface area contributed by atoms with Crippen LogP contribution in [0, 0.1) is 5.82 Å². The molecule has 0 spiro atoms. The molecule has 8 nitrogen and oxygen atoms in total. The number of aryl methyl sites for hydroxylation is 1. The Labute approximate surface area is 207 Å². The molecule has 11 heteroatoms. The third-order valence-electron chi connectivity index (χ3n) is 5.52. The van der Waals surface area contributed by atoms with Crippen LogP contribution in [0.3, 0.4) is 0 Å². The molecule has 0 aliphatic heterocycles. The number of nitrogens with zero attached hydrogens (tertiary/aromatic N) is 4. The van der Waals surface area contributed by atoms with Crippen LogP contribution in [0.4, 0.5) is 4.39 Å². The molecule has 178 valence electrons. The summed E-state index contributed by atoms with van der Waals surface area (Å²) in [5, 5.41) is 24.2. The Bertz CT molecular complexity index is 1590. The minimum atomic E-state index is -1.19. The quantitative estimate of drug-likeness (QED) is 0.297. The van der Waals surface area contributed by atoms with Gasteiger partial charge in [-0.3, -0.25) is 9.25 Å². The average Bonchev–Trinajstić information content (AvgIpc) is 3.54. The van der Waals surface area contributed by atoms with Gasteiger partial charge in [0, 0.05) is 24.9 Å². The first-order valence-corrected chi connectivity index (χ1v) is 11.6. The van der Waals surface area contributed by atoms with E-state index in [1.807, 2.05) is 31.4 Å². The third kappa shape index (κ3) is 4.11. The molecule has 3 heterocycles. The highest BCUT2D eigenvalue weighted by molar-refractivity contribution is 7.16. The van der Waals surface area contributed by atoms with Crippen molar-refractivity contribution in [3.63, 3.8) is 0 Å². The fourth-order valence-corrected chi connectivity index (χ4v) is 5.06. The van der Waals surface area contributed by atoms with Crippen molar-refractivity contribution in [1.82, 2.24) is 19.3 Å². The number of imidazole rings is 1. The standard InChI is InChI=1S/C24H18ClFN4O4S/c1-12(21-15(26)4-6-18(31)22(21)25)34-19-8-20(35-23(19)24(32)33)30-11-27-16-7-13(3-5-17(16)30)14-9-28-29(2)10-14/h3-12,31H,1-2H3,(H,32,33). The Morgan fingerprint density at radius 3 is 2.74 bits per heavy atom. The number of aromatic carboxylic acids is 1. The van der Waals surface area contributed by atoms with E-state index in [1.165, 1.54) is 6.92 Å². The number of carboxylic acid groups (broad SMARTS) is 1. The molecule has 0 bridgehead atoms. The Kier molecular flexibility index (Phi) is 5.70. The van der Waals surface area contributed by atoms with E-state index in [0.717, 1.165) is 45.6 Å². The first kappa shape index (κ1) is 22.9. The van der Waals surface area contributed by atoms with E-state index in [9.17, 15) is 19.4 Å². The third-order valence-corrected chi connectivity index (χ3v) is 7.02. The maximum absolute atomic E-state index is 14.4. The lowest BCUT2D eigenvalue weighted by atomic mass is 10.1. The second kappa shape index (κ2) is 8.71. The highest BCUT2D eigenvalue weighted by atomic mass is 35.5. The molecule has 0 amide bonds. The summed E-state index contributed by atoms with van der Waals surface area (Å²) >= 11 is 7.07. The normalized spacial score (nSPS) is 12.2. The van der Waals surface area contributed by atoms with Crippen LogP contribution in [0.1, 0.15) is 28.3 Å². The minimum absolute atomic E-state index is 0.0534. The highest BCUT2D eigenvalue weighted by Gasteiger charge is 2.24. The highest BCUT2D eigenvalue weighted by Crippen LogP contribution is 2.39. The lowest BCUT2D eigenvalue weighted by Crippen LogP contribution is -2.08. The van der Waals surface area contributed by atoms with E-state index in [2.05, 4.69) is 10.1 Å². The van der Waals surface area contributed by atoms with Crippen molar-refractivity contribution in [2.45, 2.75) is 13.0 Å². The molecule has 0 saturated carbocycles. The molecular formula is C24H18ClFN4O4S. The summed E-state index contributed by atoms with van der Waals surface area (Å²) in [4.78, 5) is 16.3. The molecule has 0 radical (unpaired) electrons. The second-order valence-electron chi connectivity index (χ2n) is 7.86. The van der Waals surface area contributed by atoms with Gasteiger partial charge in [-0.15, -0.1) is 11.3 Å². The zero-order chi connectivity index (χ0) is 24.9. The number of phenols is 1. The number of carboxylic acids is 1. The van der Waals surface area contributed by atoms with E-state index in [0.29, 0.717) is 5.00 Å². The van der Waals surface area contributed by atoms with Gasteiger partial charge >= 0.3 is 5.97 Å². The molecule has 1 atom stereocenters. The van der Waals surface area contributed by atoms with Crippen LogP contribution in [-0.2, 0) is 7.05 Å². The van der Waals surface area contributed by atoms with E-state index in [-0.39, 0.29) is 27.0 Å². The number of aromatic nitrogens is 4. The van der Waals surface area contributed by atoms with Gasteiger partial charge in [-0.2, -0.15) is 5.10 Å². The Hall–Kier alpha value is -3.89. The van der Waals surface area contributed by atoms with Crippen molar-refractivity contribution in [3.05, 3.63) is 76.4 Å². The second-order valence-corrected chi connectivity index (χ2v) is 9.27. The number of aromatic hydroxyl groups is 1. The monoisotopic (exact) mass is 512 g/mol. The first-order valence-electron chi connectivity index (χ1n) is 10.4. The number of carbonyl (C=O) groups is 1. The molecule has 5 rings (SSSR count). The average molecular weight is 513 g/mol. The molecule has 2 N–H and O–H groups in total. The first-order chi connectivity index (χ1) is 16.7. The zero-order valence-corrected chi connectivity index (χ0v) is 20.0. The van der Waals surface area contributed by atoms with E-state index < -0.39 is 17.9 Å². The zero-order valence-electron chi connectivity index (χ0n) is 18.4. The fraction of sp³-hybridized carbons (Fsp3) is 0.125. The molecular weight excluding hydrogens is 495 g/mol. The predicted octanol–water partition coefficient (Wildman–Crippen LogP) is 5.82. The number of phenolic OH excluding ortho intramolecular Hbond substituents is 1. The molecule has 35 heavy (non-hydrogen) atoms. The maximum Gasteiger partial charge on any atom is 0.349 e. The van der Waals surface area contributed by atoms with Crippen molar-refractivity contribution in [2.24, 2.45) is 7.05 Å². The van der Waals surface area contributed by atoms with Gasteiger partial charge in [-0.25, -0.2) is 14.2 Å². The van der Waals surface area contributed by atoms with Gasteiger partial charge in [0.1, 0.15) is 34.7 Å². The van der Waals surface area contributed by atoms with E-state index in [1.54, 1.807) is 27.8 Å². The van der Waals surface area contributed by atoms with Crippen molar-refractivity contribution in [3.8, 4) is 27.6 Å². The largest absolute Gasteiger partial charge is 0.506 e. The van der Waals surface area contributed by atoms with Gasteiger partial charge in [-0.05, 0) is 36.8 Å². The van der Waals surface area contributed by atoms with Crippen molar-refractivity contribution in [1.29, 1.82) is 0 Å². The Morgan fingerprint density at radius 2 is 2.03 bits per heavy atom. The van der Waals surface area contributed by atoms with Crippen LogP contribution >= 0.6 is 22.9 Å². The summed E-state index contributed by atoms with van der Waals surface area (Å²) < 4.78 is 23.7. The van der Waals surface area contributed by atoms with Crippen molar-refractivity contribution in [2.75, 3.05) is 0 Å². The number of hydrogen-bond donors (Lipinski definition) is 2. The van der Waals surface area contributed by atoms with Gasteiger partial charge in [0.15, 0.2) is 4.88 Å². The van der Waals surface area contributed by atoms with Crippen LogP contribution in [0.25, 0.3) is 27.2 Å². The van der Waals surface area contributed by atoms with Gasteiger partial charge < -0.3 is 14.9 Å². The van der Waals surface area contributed by atoms with Crippen LogP contribution in [0.15, 0.2) is 55.1 Å². The summed E-state index contributed by atoms with van der Waals surface area (Å²) in [5.74, 6) is -2.09. The summed E-state index contributed by atoms with van der Waals surface area (Å²) in [5.41, 5.74) is 3.34. The summed E-state index contributed by atoms with van der Waals surface area (Å²) in [6, 6.07) is 9.55. The maximum atomic E-state index is 14.4. The molecule has 2 aromatic carbocycles. The fourth-order valence-electron chi connectivity index (χ4n) is 3.84. The van der Waals surface area contributed by atoms with Crippen LogP contribution in [0.5, 0.6) is 11.5 Å². The number of ether oxygens (including phenoxy) is 1. The molecule has 0 aliphatic carbocycles. The SMILES string of the molecule is CC(Oc1cc(-n2cnc3cc(-c4cnn(C)c4)ccc32)sc1C(=O)O)c1c(F)ccc(O)c1Cl. The number of rotatable bonds is 6. The Balaban J connectivity index is 1.51. The lowest BCUT2D eigenvalue weighted by molar-refractivity contribution is 0.0695. The van der Waals surface area contributed by atoms with Gasteiger partial charge in [-0.1, -0.05) is 17.7 Å². The summed E-state index contributed by atoms with van der Waals surface area (Å²) in [6.07, 6.45) is 4.32. The van der Waals surface area contributed by atoms with E-state index in [4.69, 9.17) is 16.3 Å². The minimum Gasteiger partial charge on any atom is -0.506 e. The number of halogens is 2. The van der Waals surface area contributed by atoms with Crippen molar-refractivity contribution < 1.29 is 24.1 Å².